The second kappa shape index (κ2) is 10.9. The summed E-state index contributed by atoms with van der Waals surface area (Å²) in [5.41, 5.74) is 0.915. The Labute approximate surface area is 184 Å². The van der Waals surface area contributed by atoms with Crippen molar-refractivity contribution >= 4 is 51.6 Å². The van der Waals surface area contributed by atoms with Gasteiger partial charge in [0.1, 0.15) is 0 Å². The Bertz CT molecular complexity index is 1040. The van der Waals surface area contributed by atoms with Crippen LogP contribution in [-0.2, 0) is 4.79 Å². The lowest BCUT2D eigenvalue weighted by Gasteiger charge is -2.08. The Morgan fingerprint density at radius 3 is 2.73 bits per heavy atom. The maximum atomic E-state index is 12.4. The normalized spacial score (nSPS) is 10.7. The summed E-state index contributed by atoms with van der Waals surface area (Å²) in [5.74, 6) is 0.406. The van der Waals surface area contributed by atoms with Crippen LogP contribution in [0.15, 0.2) is 53.8 Å². The van der Waals surface area contributed by atoms with Crippen molar-refractivity contribution < 1.29 is 9.59 Å². The lowest BCUT2D eigenvalue weighted by atomic mass is 10.1. The number of fused-ring (bicyclic) bond motifs is 1. The molecule has 2 aromatic carbocycles. The number of aromatic nitrogens is 2. The van der Waals surface area contributed by atoms with E-state index in [1.807, 2.05) is 42.5 Å². The topological polar surface area (TPSA) is 84.0 Å². The zero-order valence-electron chi connectivity index (χ0n) is 16.7. The van der Waals surface area contributed by atoms with Crippen LogP contribution in [0.25, 0.3) is 10.8 Å². The van der Waals surface area contributed by atoms with Crippen LogP contribution < -0.4 is 10.6 Å². The second-order valence-electron chi connectivity index (χ2n) is 6.67. The molecule has 0 aliphatic rings. The van der Waals surface area contributed by atoms with Crippen molar-refractivity contribution in [2.24, 2.45) is 0 Å². The summed E-state index contributed by atoms with van der Waals surface area (Å²) >= 11 is 7.54. The molecule has 8 heteroatoms. The van der Waals surface area contributed by atoms with E-state index >= 15 is 0 Å². The van der Waals surface area contributed by atoms with E-state index in [9.17, 15) is 9.59 Å². The van der Waals surface area contributed by atoms with Gasteiger partial charge >= 0.3 is 0 Å². The summed E-state index contributed by atoms with van der Waals surface area (Å²) in [6.45, 7) is 2.41. The van der Waals surface area contributed by atoms with Crippen molar-refractivity contribution in [3.05, 3.63) is 59.4 Å². The van der Waals surface area contributed by atoms with Crippen molar-refractivity contribution in [3.8, 4) is 0 Å². The van der Waals surface area contributed by atoms with Gasteiger partial charge in [-0.3, -0.25) is 9.59 Å². The Balaban J connectivity index is 1.46. The Morgan fingerprint density at radius 2 is 1.93 bits per heavy atom. The molecule has 3 aromatic rings. The van der Waals surface area contributed by atoms with Gasteiger partial charge < -0.3 is 10.6 Å². The van der Waals surface area contributed by atoms with Crippen LogP contribution in [0.2, 0.25) is 5.02 Å². The van der Waals surface area contributed by atoms with Gasteiger partial charge in [-0.1, -0.05) is 60.6 Å². The molecule has 0 radical (unpaired) electrons. The lowest BCUT2D eigenvalue weighted by molar-refractivity contribution is -0.116. The number of thioether (sulfide) groups is 1. The highest BCUT2D eigenvalue weighted by Crippen LogP contribution is 2.20. The highest BCUT2D eigenvalue weighted by molar-refractivity contribution is 7.99. The van der Waals surface area contributed by atoms with E-state index in [4.69, 9.17) is 11.6 Å². The van der Waals surface area contributed by atoms with E-state index in [0.717, 1.165) is 28.6 Å². The van der Waals surface area contributed by atoms with E-state index in [-0.39, 0.29) is 22.5 Å². The van der Waals surface area contributed by atoms with Gasteiger partial charge in [-0.25, -0.2) is 9.97 Å². The molecule has 1 heterocycles. The summed E-state index contributed by atoms with van der Waals surface area (Å²) in [4.78, 5) is 32.9. The molecule has 0 aliphatic carbocycles. The zero-order valence-corrected chi connectivity index (χ0v) is 18.2. The SMILES string of the molecule is CCCSc1ncc(Cl)c(C(=O)NCCCC(=O)Nc2ccc3ccccc3c2)n1. The van der Waals surface area contributed by atoms with Gasteiger partial charge in [0.2, 0.25) is 5.91 Å². The number of nitrogens with one attached hydrogen (secondary N) is 2. The average molecular weight is 443 g/mol. The molecule has 1 aromatic heterocycles. The van der Waals surface area contributed by atoms with Crippen LogP contribution in [0.3, 0.4) is 0 Å². The molecule has 156 valence electrons. The molecule has 0 unspecified atom stereocenters. The van der Waals surface area contributed by atoms with Crippen molar-refractivity contribution in [3.63, 3.8) is 0 Å². The first-order valence-corrected chi connectivity index (χ1v) is 11.2. The van der Waals surface area contributed by atoms with Crippen molar-refractivity contribution in [2.45, 2.75) is 31.3 Å². The number of rotatable bonds is 9. The molecule has 0 bridgehead atoms. The van der Waals surface area contributed by atoms with Gasteiger partial charge in [0, 0.05) is 24.4 Å². The molecule has 0 saturated heterocycles. The number of benzene rings is 2. The molecule has 6 nitrogen and oxygen atoms in total. The molecule has 2 amide bonds. The third-order valence-corrected chi connectivity index (χ3v) is 5.62. The monoisotopic (exact) mass is 442 g/mol. The maximum absolute atomic E-state index is 12.4. The lowest BCUT2D eigenvalue weighted by Crippen LogP contribution is -2.27. The van der Waals surface area contributed by atoms with Gasteiger partial charge in [-0.2, -0.15) is 0 Å². The van der Waals surface area contributed by atoms with E-state index < -0.39 is 0 Å². The third kappa shape index (κ3) is 6.18. The number of halogens is 1. The minimum Gasteiger partial charge on any atom is -0.351 e. The van der Waals surface area contributed by atoms with Crippen LogP contribution >= 0.6 is 23.4 Å². The average Bonchev–Trinajstić information content (AvgIpc) is 2.76. The third-order valence-electron chi connectivity index (χ3n) is 4.27. The highest BCUT2D eigenvalue weighted by Gasteiger charge is 2.14. The largest absolute Gasteiger partial charge is 0.351 e. The molecule has 0 atom stereocenters. The number of amides is 2. The summed E-state index contributed by atoms with van der Waals surface area (Å²) in [6, 6.07) is 13.8. The Morgan fingerprint density at radius 1 is 1.13 bits per heavy atom. The molecule has 3 rings (SSSR count). The number of hydrogen-bond acceptors (Lipinski definition) is 5. The highest BCUT2D eigenvalue weighted by atomic mass is 35.5. The summed E-state index contributed by atoms with van der Waals surface area (Å²) in [5, 5.41) is 8.59. The van der Waals surface area contributed by atoms with Crippen LogP contribution in [0, 0.1) is 0 Å². The second-order valence-corrected chi connectivity index (χ2v) is 8.14. The van der Waals surface area contributed by atoms with E-state index in [1.54, 1.807) is 0 Å². The molecular weight excluding hydrogens is 420 g/mol. The van der Waals surface area contributed by atoms with Crippen LogP contribution in [0.1, 0.15) is 36.7 Å². The van der Waals surface area contributed by atoms with E-state index in [0.29, 0.717) is 24.5 Å². The van der Waals surface area contributed by atoms with Gasteiger partial charge in [0.25, 0.3) is 5.91 Å². The van der Waals surface area contributed by atoms with Gasteiger partial charge in [-0.15, -0.1) is 0 Å². The fourth-order valence-corrected chi connectivity index (χ4v) is 3.64. The number of hydrogen-bond donors (Lipinski definition) is 2. The standard InChI is InChI=1S/C22H23ClN4O2S/c1-2-12-30-22-25-14-18(23)20(27-22)21(29)24-11-5-8-19(28)26-17-10-9-15-6-3-4-7-16(15)13-17/h3-4,6-7,9-10,13-14H,2,5,8,11-12H2,1H3,(H,24,29)(H,26,28). The Hall–Kier alpha value is -2.64. The van der Waals surface area contributed by atoms with Crippen molar-refractivity contribution in [1.82, 2.24) is 15.3 Å². The Kier molecular flexibility index (Phi) is 8.04. The molecule has 0 saturated carbocycles. The van der Waals surface area contributed by atoms with Crippen molar-refractivity contribution in [1.29, 1.82) is 0 Å². The fraction of sp³-hybridized carbons (Fsp3) is 0.273. The first-order chi connectivity index (χ1) is 14.6. The minimum absolute atomic E-state index is 0.0992. The summed E-state index contributed by atoms with van der Waals surface area (Å²) in [7, 11) is 0. The maximum Gasteiger partial charge on any atom is 0.271 e. The number of carbonyl (C=O) groups is 2. The number of anilines is 1. The van der Waals surface area contributed by atoms with Crippen LogP contribution in [0.5, 0.6) is 0 Å². The minimum atomic E-state index is -0.365. The predicted octanol–water partition coefficient (Wildman–Crippen LogP) is 4.93. The molecule has 0 spiro atoms. The smallest absolute Gasteiger partial charge is 0.271 e. The first kappa shape index (κ1) is 22.1. The zero-order chi connectivity index (χ0) is 21.3. The van der Waals surface area contributed by atoms with Crippen LogP contribution in [0.4, 0.5) is 5.69 Å². The summed E-state index contributed by atoms with van der Waals surface area (Å²) in [6.07, 6.45) is 3.23. The number of carbonyl (C=O) groups excluding carboxylic acids is 2. The van der Waals surface area contributed by atoms with Gasteiger partial charge in [0.15, 0.2) is 10.9 Å². The quantitative estimate of drug-likeness (QED) is 0.279. The van der Waals surface area contributed by atoms with Crippen molar-refractivity contribution in [2.75, 3.05) is 17.6 Å². The first-order valence-electron chi connectivity index (χ1n) is 9.79. The molecular formula is C22H23ClN4O2S. The van der Waals surface area contributed by atoms with Gasteiger partial charge in [-0.05, 0) is 35.7 Å². The van der Waals surface area contributed by atoms with Crippen LogP contribution in [-0.4, -0.2) is 34.1 Å². The summed E-state index contributed by atoms with van der Waals surface area (Å²) < 4.78 is 0. The molecule has 2 N–H and O–H groups in total. The number of nitrogens with zero attached hydrogens (tertiary/aromatic N) is 2. The predicted molar refractivity (Wildman–Crippen MR) is 122 cm³/mol. The van der Waals surface area contributed by atoms with Gasteiger partial charge in [0.05, 0.1) is 11.2 Å². The van der Waals surface area contributed by atoms with E-state index in [1.165, 1.54) is 18.0 Å². The van der Waals surface area contributed by atoms with E-state index in [2.05, 4.69) is 27.5 Å². The fourth-order valence-electron chi connectivity index (χ4n) is 2.80. The molecule has 0 fully saturated rings. The molecule has 30 heavy (non-hydrogen) atoms. The molecule has 0 aliphatic heterocycles.